The molecule has 0 aliphatic heterocycles. The van der Waals surface area contributed by atoms with E-state index >= 15 is 0 Å². The van der Waals surface area contributed by atoms with E-state index in [-0.39, 0.29) is 6.10 Å². The molecule has 3 heteroatoms. The third-order valence-corrected chi connectivity index (χ3v) is 2.18. The Kier molecular flexibility index (Phi) is 3.36. The highest BCUT2D eigenvalue weighted by atomic mass is 16.5. The first-order chi connectivity index (χ1) is 5.38. The molecule has 0 heterocycles. The van der Waals surface area contributed by atoms with Gasteiger partial charge in [-0.05, 0) is 19.3 Å². The highest BCUT2D eigenvalue weighted by Crippen LogP contribution is 2.17. The molecule has 3 nitrogen and oxygen atoms in total. The Hall–Kier alpha value is -0.570. The molecule has 0 spiro atoms. The van der Waals surface area contributed by atoms with Crippen LogP contribution in [0.5, 0.6) is 0 Å². The molecule has 11 heavy (non-hydrogen) atoms. The van der Waals surface area contributed by atoms with Gasteiger partial charge in [0.05, 0.1) is 11.8 Å². The summed E-state index contributed by atoms with van der Waals surface area (Å²) in [6.07, 6.45) is 5.46. The highest BCUT2D eigenvalue weighted by molar-refractivity contribution is 5.88. The lowest BCUT2D eigenvalue weighted by Gasteiger charge is -2.12. The SMILES string of the molecule is COC1CCCCCC1=NO. The van der Waals surface area contributed by atoms with Crippen LogP contribution < -0.4 is 0 Å². The molecule has 64 valence electrons. The number of hydrogen-bond donors (Lipinski definition) is 1. The van der Waals surface area contributed by atoms with Crippen molar-refractivity contribution in [2.75, 3.05) is 7.11 Å². The second-order valence-electron chi connectivity index (χ2n) is 2.92. The number of methoxy groups -OCH3 is 1. The van der Waals surface area contributed by atoms with Gasteiger partial charge in [0.25, 0.3) is 0 Å². The quantitative estimate of drug-likeness (QED) is 0.358. The Morgan fingerprint density at radius 3 is 2.91 bits per heavy atom. The molecule has 0 aromatic rings. The first kappa shape index (κ1) is 8.53. The lowest BCUT2D eigenvalue weighted by molar-refractivity contribution is 0.143. The Morgan fingerprint density at radius 2 is 2.27 bits per heavy atom. The van der Waals surface area contributed by atoms with Crippen LogP contribution in [-0.2, 0) is 4.74 Å². The number of rotatable bonds is 1. The highest BCUT2D eigenvalue weighted by Gasteiger charge is 2.18. The summed E-state index contributed by atoms with van der Waals surface area (Å²) in [6, 6.07) is 0. The van der Waals surface area contributed by atoms with Crippen LogP contribution in [0.25, 0.3) is 0 Å². The molecule has 1 saturated carbocycles. The largest absolute Gasteiger partial charge is 0.411 e. The summed E-state index contributed by atoms with van der Waals surface area (Å²) in [5, 5.41) is 11.9. The van der Waals surface area contributed by atoms with Crippen LogP contribution in [0.15, 0.2) is 5.16 Å². The summed E-state index contributed by atoms with van der Waals surface area (Å²) < 4.78 is 5.18. The van der Waals surface area contributed by atoms with E-state index in [1.54, 1.807) is 7.11 Å². The molecule has 0 saturated heterocycles. The van der Waals surface area contributed by atoms with Gasteiger partial charge in [-0.3, -0.25) is 0 Å². The smallest absolute Gasteiger partial charge is 0.0985 e. The first-order valence-electron chi connectivity index (χ1n) is 4.12. The molecule has 0 aromatic heterocycles. The summed E-state index contributed by atoms with van der Waals surface area (Å²) in [7, 11) is 1.67. The van der Waals surface area contributed by atoms with Gasteiger partial charge in [0, 0.05) is 7.11 Å². The number of oxime groups is 1. The molecule has 1 rings (SSSR count). The van der Waals surface area contributed by atoms with Crippen molar-refractivity contribution in [2.24, 2.45) is 5.16 Å². The van der Waals surface area contributed by atoms with E-state index in [1.165, 1.54) is 12.8 Å². The van der Waals surface area contributed by atoms with Crippen LogP contribution in [0.3, 0.4) is 0 Å². The molecule has 0 amide bonds. The third-order valence-electron chi connectivity index (χ3n) is 2.18. The fourth-order valence-corrected chi connectivity index (χ4v) is 1.51. The Bertz CT molecular complexity index is 145. The van der Waals surface area contributed by atoms with Crippen molar-refractivity contribution in [3.63, 3.8) is 0 Å². The van der Waals surface area contributed by atoms with Crippen LogP contribution in [0.1, 0.15) is 32.1 Å². The van der Waals surface area contributed by atoms with E-state index in [0.717, 1.165) is 25.0 Å². The van der Waals surface area contributed by atoms with Crippen molar-refractivity contribution in [2.45, 2.75) is 38.2 Å². The maximum atomic E-state index is 8.63. The van der Waals surface area contributed by atoms with Crippen LogP contribution in [0, 0.1) is 0 Å². The van der Waals surface area contributed by atoms with Gasteiger partial charge < -0.3 is 9.94 Å². The lowest BCUT2D eigenvalue weighted by atomic mass is 10.1. The Balaban J connectivity index is 2.55. The van der Waals surface area contributed by atoms with Crippen LogP contribution >= 0.6 is 0 Å². The number of nitrogens with zero attached hydrogens (tertiary/aromatic N) is 1. The summed E-state index contributed by atoms with van der Waals surface area (Å²) in [6.45, 7) is 0. The monoisotopic (exact) mass is 157 g/mol. The number of hydrogen-bond acceptors (Lipinski definition) is 3. The van der Waals surface area contributed by atoms with Crippen LogP contribution in [-0.4, -0.2) is 24.1 Å². The van der Waals surface area contributed by atoms with Crippen molar-refractivity contribution < 1.29 is 9.94 Å². The van der Waals surface area contributed by atoms with Crippen molar-refractivity contribution in [3.8, 4) is 0 Å². The molecular weight excluding hydrogens is 142 g/mol. The molecule has 0 aromatic carbocycles. The van der Waals surface area contributed by atoms with Gasteiger partial charge in [-0.15, -0.1) is 0 Å². The second kappa shape index (κ2) is 4.34. The van der Waals surface area contributed by atoms with Gasteiger partial charge in [0.1, 0.15) is 0 Å². The Labute approximate surface area is 67.0 Å². The molecule has 1 aliphatic rings. The van der Waals surface area contributed by atoms with E-state index in [1.807, 2.05) is 0 Å². The molecular formula is C8H15NO2. The summed E-state index contributed by atoms with van der Waals surface area (Å²) >= 11 is 0. The standard InChI is InChI=1S/C8H15NO2/c1-11-8-6-4-2-3-5-7(8)9-10/h8,10H,2-6H2,1H3. The zero-order chi connectivity index (χ0) is 8.10. The predicted octanol–water partition coefficient (Wildman–Crippen LogP) is 1.80. The average molecular weight is 157 g/mol. The zero-order valence-corrected chi connectivity index (χ0v) is 6.92. The molecule has 0 radical (unpaired) electrons. The zero-order valence-electron chi connectivity index (χ0n) is 6.92. The normalized spacial score (nSPS) is 30.3. The first-order valence-corrected chi connectivity index (χ1v) is 4.12. The van der Waals surface area contributed by atoms with E-state index in [2.05, 4.69) is 5.16 Å². The van der Waals surface area contributed by atoms with E-state index in [0.29, 0.717) is 0 Å². The van der Waals surface area contributed by atoms with Gasteiger partial charge >= 0.3 is 0 Å². The van der Waals surface area contributed by atoms with Crippen LogP contribution in [0.2, 0.25) is 0 Å². The third kappa shape index (κ3) is 2.19. The minimum absolute atomic E-state index is 0.0579. The summed E-state index contributed by atoms with van der Waals surface area (Å²) in [5.74, 6) is 0. The minimum atomic E-state index is 0.0579. The van der Waals surface area contributed by atoms with Crippen molar-refractivity contribution >= 4 is 5.71 Å². The predicted molar refractivity (Wildman–Crippen MR) is 43.1 cm³/mol. The molecule has 1 aliphatic carbocycles. The Morgan fingerprint density at radius 1 is 1.45 bits per heavy atom. The fourth-order valence-electron chi connectivity index (χ4n) is 1.51. The maximum absolute atomic E-state index is 8.63. The van der Waals surface area contributed by atoms with Gasteiger partial charge in [0.15, 0.2) is 0 Å². The topological polar surface area (TPSA) is 41.8 Å². The van der Waals surface area contributed by atoms with E-state index in [4.69, 9.17) is 9.94 Å². The van der Waals surface area contributed by atoms with E-state index < -0.39 is 0 Å². The molecule has 0 bridgehead atoms. The van der Waals surface area contributed by atoms with Crippen molar-refractivity contribution in [1.29, 1.82) is 0 Å². The lowest BCUT2D eigenvalue weighted by Crippen LogP contribution is -2.21. The van der Waals surface area contributed by atoms with Crippen molar-refractivity contribution in [1.82, 2.24) is 0 Å². The second-order valence-corrected chi connectivity index (χ2v) is 2.92. The minimum Gasteiger partial charge on any atom is -0.411 e. The van der Waals surface area contributed by atoms with Gasteiger partial charge in [-0.2, -0.15) is 0 Å². The number of ether oxygens (including phenoxy) is 1. The maximum Gasteiger partial charge on any atom is 0.0985 e. The van der Waals surface area contributed by atoms with E-state index in [9.17, 15) is 0 Å². The van der Waals surface area contributed by atoms with Crippen molar-refractivity contribution in [3.05, 3.63) is 0 Å². The fraction of sp³-hybridized carbons (Fsp3) is 0.875. The molecule has 1 fully saturated rings. The van der Waals surface area contributed by atoms with Gasteiger partial charge in [0.2, 0.25) is 0 Å². The molecule has 1 N–H and O–H groups in total. The van der Waals surface area contributed by atoms with Gasteiger partial charge in [-0.25, -0.2) is 0 Å². The average Bonchev–Trinajstić information content (AvgIpc) is 2.27. The van der Waals surface area contributed by atoms with Gasteiger partial charge in [-0.1, -0.05) is 18.0 Å². The van der Waals surface area contributed by atoms with Crippen LogP contribution in [0.4, 0.5) is 0 Å². The molecule has 1 unspecified atom stereocenters. The molecule has 1 atom stereocenters. The summed E-state index contributed by atoms with van der Waals surface area (Å²) in [5.41, 5.74) is 0.810. The summed E-state index contributed by atoms with van der Waals surface area (Å²) in [4.78, 5) is 0.